The first-order valence-electron chi connectivity index (χ1n) is 4.68. The summed E-state index contributed by atoms with van der Waals surface area (Å²) in [5.41, 5.74) is 2.47. The van der Waals surface area contributed by atoms with Crippen molar-refractivity contribution >= 4 is 11.6 Å². The zero-order valence-electron chi connectivity index (χ0n) is 8.37. The second-order valence-electron chi connectivity index (χ2n) is 3.33. The van der Waals surface area contributed by atoms with Gasteiger partial charge >= 0.3 is 0 Å². The molecule has 2 aromatic rings. The molecule has 3 N–H and O–H groups in total. The largest absolute Gasteiger partial charge is 0.319 e. The zero-order valence-corrected chi connectivity index (χ0v) is 8.37. The van der Waals surface area contributed by atoms with E-state index >= 15 is 0 Å². The van der Waals surface area contributed by atoms with Crippen LogP contribution in [0, 0.1) is 6.92 Å². The molecular formula is C11H12N3O+. The summed E-state index contributed by atoms with van der Waals surface area (Å²) >= 11 is 0. The van der Waals surface area contributed by atoms with Gasteiger partial charge < -0.3 is 5.32 Å². The number of aryl methyl sites for hydroxylation is 1. The normalized spacial score (nSPS) is 9.93. The van der Waals surface area contributed by atoms with Gasteiger partial charge in [-0.15, -0.1) is 0 Å². The molecule has 0 saturated heterocycles. The van der Waals surface area contributed by atoms with Crippen LogP contribution in [0.1, 0.15) is 16.1 Å². The molecule has 0 fully saturated rings. The van der Waals surface area contributed by atoms with Crippen molar-refractivity contribution in [3.8, 4) is 0 Å². The third-order valence-corrected chi connectivity index (χ3v) is 2.09. The summed E-state index contributed by atoms with van der Waals surface area (Å²) < 4.78 is 0. The van der Waals surface area contributed by atoms with Crippen LogP contribution >= 0.6 is 0 Å². The second kappa shape index (κ2) is 3.96. The molecule has 15 heavy (non-hydrogen) atoms. The van der Waals surface area contributed by atoms with Gasteiger partial charge in [0, 0.05) is 5.69 Å². The Hall–Kier alpha value is -2.10. The summed E-state index contributed by atoms with van der Waals surface area (Å²) in [5.74, 6) is -0.153. The van der Waals surface area contributed by atoms with Crippen molar-refractivity contribution in [1.29, 1.82) is 0 Å². The number of hydrogen-bond acceptors (Lipinski definition) is 1. The van der Waals surface area contributed by atoms with Crippen LogP contribution in [0.15, 0.2) is 36.8 Å². The molecule has 4 heteroatoms. The molecule has 0 unspecified atom stereocenters. The number of amides is 1. The minimum Gasteiger partial charge on any atom is -0.319 e. The van der Waals surface area contributed by atoms with Gasteiger partial charge in [0.25, 0.3) is 5.91 Å². The highest BCUT2D eigenvalue weighted by Crippen LogP contribution is 2.09. The van der Waals surface area contributed by atoms with E-state index in [1.807, 2.05) is 31.2 Å². The van der Waals surface area contributed by atoms with Gasteiger partial charge in [0.1, 0.15) is 6.20 Å². The molecule has 1 aromatic heterocycles. The lowest BCUT2D eigenvalue weighted by atomic mass is 10.2. The number of nitrogens with one attached hydrogen (secondary N) is 3. The summed E-state index contributed by atoms with van der Waals surface area (Å²) in [5, 5.41) is 2.78. The average molecular weight is 202 g/mol. The number of carbonyl (C=O) groups excluding carboxylic acids is 1. The van der Waals surface area contributed by atoms with Crippen molar-refractivity contribution in [2.24, 2.45) is 0 Å². The van der Waals surface area contributed by atoms with Gasteiger partial charge in [0.05, 0.1) is 0 Å². The van der Waals surface area contributed by atoms with Crippen LogP contribution in [-0.2, 0) is 0 Å². The van der Waals surface area contributed by atoms with Gasteiger partial charge in [0.15, 0.2) is 0 Å². The molecule has 0 spiro atoms. The first kappa shape index (κ1) is 9.45. The number of carbonyl (C=O) groups is 1. The first-order valence-corrected chi connectivity index (χ1v) is 4.68. The van der Waals surface area contributed by atoms with Crippen molar-refractivity contribution < 1.29 is 9.78 Å². The van der Waals surface area contributed by atoms with E-state index in [0.717, 1.165) is 5.69 Å². The van der Waals surface area contributed by atoms with Gasteiger partial charge in [0.2, 0.25) is 12.0 Å². The fraction of sp³-hybridized carbons (Fsp3) is 0.0909. The first-order chi connectivity index (χ1) is 7.25. The third kappa shape index (κ3) is 2.22. The summed E-state index contributed by atoms with van der Waals surface area (Å²) in [6.45, 7) is 2.01. The Balaban J connectivity index is 2.09. The monoisotopic (exact) mass is 202 g/mol. The highest BCUT2D eigenvalue weighted by Gasteiger charge is 2.10. The van der Waals surface area contributed by atoms with Crippen LogP contribution in [0.3, 0.4) is 0 Å². The molecule has 0 radical (unpaired) electrons. The van der Waals surface area contributed by atoms with Gasteiger partial charge in [-0.25, -0.2) is 9.97 Å². The van der Waals surface area contributed by atoms with Crippen molar-refractivity contribution in [2.45, 2.75) is 6.92 Å². The number of aromatic amines is 2. The predicted octanol–water partition coefficient (Wildman–Crippen LogP) is 1.39. The van der Waals surface area contributed by atoms with Gasteiger partial charge in [-0.1, -0.05) is 17.7 Å². The maximum atomic E-state index is 11.6. The highest BCUT2D eigenvalue weighted by atomic mass is 16.1. The van der Waals surface area contributed by atoms with E-state index in [-0.39, 0.29) is 5.91 Å². The lowest BCUT2D eigenvalue weighted by Crippen LogP contribution is -2.12. The minimum absolute atomic E-state index is 0.153. The molecule has 1 heterocycles. The van der Waals surface area contributed by atoms with Crippen LogP contribution in [0.25, 0.3) is 0 Å². The minimum atomic E-state index is -0.153. The summed E-state index contributed by atoms with van der Waals surface area (Å²) in [6, 6.07) is 7.66. The maximum absolute atomic E-state index is 11.6. The molecule has 1 amide bonds. The SMILES string of the molecule is Cc1ccc(NC(=O)c2c[nH+]c[nH]2)cc1. The number of benzene rings is 1. The molecule has 2 rings (SSSR count). The second-order valence-corrected chi connectivity index (χ2v) is 3.33. The molecule has 0 aliphatic rings. The quantitative estimate of drug-likeness (QED) is 0.759. The molecule has 0 atom stereocenters. The van der Waals surface area contributed by atoms with Crippen molar-refractivity contribution in [1.82, 2.24) is 4.98 Å². The number of aromatic nitrogens is 2. The molecule has 4 nitrogen and oxygen atoms in total. The number of H-pyrrole nitrogens is 2. The van der Waals surface area contributed by atoms with Crippen LogP contribution in [-0.4, -0.2) is 10.9 Å². The predicted molar refractivity (Wildman–Crippen MR) is 56.5 cm³/mol. The Kier molecular flexibility index (Phi) is 2.49. The highest BCUT2D eigenvalue weighted by molar-refractivity contribution is 6.02. The Labute approximate surface area is 87.4 Å². The van der Waals surface area contributed by atoms with Crippen LogP contribution < -0.4 is 10.3 Å². The summed E-state index contributed by atoms with van der Waals surface area (Å²) in [7, 11) is 0. The smallest absolute Gasteiger partial charge is 0.299 e. The van der Waals surface area contributed by atoms with Crippen molar-refractivity contribution in [3.63, 3.8) is 0 Å². The Bertz CT molecular complexity index is 445. The lowest BCUT2D eigenvalue weighted by Gasteiger charge is -2.01. The van der Waals surface area contributed by atoms with Crippen LogP contribution in [0.5, 0.6) is 0 Å². The summed E-state index contributed by atoms with van der Waals surface area (Å²) in [6.07, 6.45) is 3.22. The molecule has 0 aliphatic heterocycles. The summed E-state index contributed by atoms with van der Waals surface area (Å²) in [4.78, 5) is 17.2. The van der Waals surface area contributed by atoms with Gasteiger partial charge in [-0.3, -0.25) is 4.79 Å². The van der Waals surface area contributed by atoms with Crippen molar-refractivity contribution in [2.75, 3.05) is 5.32 Å². The fourth-order valence-corrected chi connectivity index (χ4v) is 1.25. The van der Waals surface area contributed by atoms with Crippen LogP contribution in [0.2, 0.25) is 0 Å². The van der Waals surface area contributed by atoms with Crippen molar-refractivity contribution in [3.05, 3.63) is 48.0 Å². The van der Waals surface area contributed by atoms with E-state index in [0.29, 0.717) is 5.69 Å². The molecule has 0 saturated carbocycles. The van der Waals surface area contributed by atoms with E-state index in [9.17, 15) is 4.79 Å². The van der Waals surface area contributed by atoms with E-state index in [2.05, 4.69) is 15.3 Å². The molecule has 0 bridgehead atoms. The van der Waals surface area contributed by atoms with Gasteiger partial charge in [-0.2, -0.15) is 0 Å². The number of anilines is 1. The molecule has 0 aliphatic carbocycles. The molecule has 1 aromatic carbocycles. The third-order valence-electron chi connectivity index (χ3n) is 2.09. The zero-order chi connectivity index (χ0) is 10.7. The Morgan fingerprint density at radius 3 is 2.67 bits per heavy atom. The van der Waals surface area contributed by atoms with E-state index in [1.165, 1.54) is 5.56 Å². The maximum Gasteiger partial charge on any atom is 0.299 e. The topological polar surface area (TPSA) is 59.0 Å². The van der Waals surface area contributed by atoms with Gasteiger partial charge in [-0.05, 0) is 19.1 Å². The van der Waals surface area contributed by atoms with E-state index in [4.69, 9.17) is 0 Å². The molecule has 76 valence electrons. The Morgan fingerprint density at radius 1 is 1.33 bits per heavy atom. The van der Waals surface area contributed by atoms with Crippen LogP contribution in [0.4, 0.5) is 5.69 Å². The molecular weight excluding hydrogens is 190 g/mol. The number of rotatable bonds is 2. The lowest BCUT2D eigenvalue weighted by molar-refractivity contribution is -0.375. The standard InChI is InChI=1S/C11H11N3O/c1-8-2-4-9(5-3-8)14-11(15)10-6-12-7-13-10/h2-7H,1H3,(H,12,13)(H,14,15)/p+1. The van der Waals surface area contributed by atoms with E-state index < -0.39 is 0 Å². The average Bonchev–Trinajstić information content (AvgIpc) is 2.74. The number of imidazole rings is 1. The Morgan fingerprint density at radius 2 is 2.07 bits per heavy atom. The fourth-order valence-electron chi connectivity index (χ4n) is 1.25. The van der Waals surface area contributed by atoms with E-state index in [1.54, 1.807) is 12.5 Å². The number of hydrogen-bond donors (Lipinski definition) is 2.